The van der Waals surface area contributed by atoms with Gasteiger partial charge in [-0.1, -0.05) is 0 Å². The molecule has 1 fully saturated rings. The van der Waals surface area contributed by atoms with Crippen LogP contribution in [0.5, 0.6) is 0 Å². The van der Waals surface area contributed by atoms with E-state index in [1.54, 1.807) is 14.2 Å². The Morgan fingerprint density at radius 2 is 1.95 bits per heavy atom. The molecule has 2 rings (SSSR count). The van der Waals surface area contributed by atoms with Gasteiger partial charge in [0, 0.05) is 32.5 Å². The fourth-order valence-electron chi connectivity index (χ4n) is 2.75. The second kappa shape index (κ2) is 6.97. The predicted molar refractivity (Wildman–Crippen MR) is 71.0 cm³/mol. The molecule has 1 N–H and O–H groups in total. The van der Waals surface area contributed by atoms with Crippen LogP contribution in [0.1, 0.15) is 19.3 Å². The summed E-state index contributed by atoms with van der Waals surface area (Å²) < 4.78 is 16.4. The highest BCUT2D eigenvalue weighted by molar-refractivity contribution is 6.16. The molecule has 0 bridgehead atoms. The van der Waals surface area contributed by atoms with E-state index in [0.717, 1.165) is 19.3 Å². The summed E-state index contributed by atoms with van der Waals surface area (Å²) in [5.41, 5.74) is 0.392. The number of methoxy groups -OCH3 is 2. The highest BCUT2D eigenvalue weighted by Gasteiger charge is 2.31. The Labute approximate surface area is 118 Å². The SMILES string of the molecule is COC1CC[C@H](COCC2=CC(=O)NC2=O)CC1OC. The van der Waals surface area contributed by atoms with Crippen LogP contribution in [0.2, 0.25) is 0 Å². The van der Waals surface area contributed by atoms with Crippen LogP contribution in [0.3, 0.4) is 0 Å². The number of carbonyl (C=O) groups is 2. The summed E-state index contributed by atoms with van der Waals surface area (Å²) >= 11 is 0. The van der Waals surface area contributed by atoms with Gasteiger partial charge in [-0.2, -0.15) is 0 Å². The molecule has 1 aliphatic carbocycles. The fourth-order valence-corrected chi connectivity index (χ4v) is 2.75. The Hall–Kier alpha value is -1.24. The van der Waals surface area contributed by atoms with Crippen molar-refractivity contribution >= 4 is 11.8 Å². The zero-order chi connectivity index (χ0) is 14.5. The Kier molecular flexibility index (Phi) is 5.28. The van der Waals surface area contributed by atoms with Gasteiger partial charge in [-0.05, 0) is 25.2 Å². The van der Waals surface area contributed by atoms with E-state index in [-0.39, 0.29) is 30.6 Å². The molecule has 0 saturated heterocycles. The number of ether oxygens (including phenoxy) is 3. The minimum atomic E-state index is -0.367. The Morgan fingerprint density at radius 1 is 1.20 bits per heavy atom. The molecule has 0 spiro atoms. The average molecular weight is 283 g/mol. The van der Waals surface area contributed by atoms with Crippen LogP contribution in [-0.4, -0.2) is 51.5 Å². The fraction of sp³-hybridized carbons (Fsp3) is 0.714. The van der Waals surface area contributed by atoms with E-state index in [4.69, 9.17) is 14.2 Å². The van der Waals surface area contributed by atoms with Gasteiger partial charge in [0.05, 0.1) is 18.8 Å². The van der Waals surface area contributed by atoms with Crippen molar-refractivity contribution in [3.8, 4) is 0 Å². The van der Waals surface area contributed by atoms with Crippen LogP contribution < -0.4 is 5.32 Å². The van der Waals surface area contributed by atoms with E-state index >= 15 is 0 Å². The number of hydrogen-bond acceptors (Lipinski definition) is 5. The average Bonchev–Trinajstić information content (AvgIpc) is 2.77. The van der Waals surface area contributed by atoms with E-state index in [9.17, 15) is 9.59 Å². The minimum absolute atomic E-state index is 0.0953. The maximum absolute atomic E-state index is 11.3. The lowest BCUT2D eigenvalue weighted by Crippen LogP contribution is -2.38. The Balaban J connectivity index is 1.74. The normalized spacial score (nSPS) is 30.3. The lowest BCUT2D eigenvalue weighted by molar-refractivity contribution is -0.124. The van der Waals surface area contributed by atoms with Gasteiger partial charge in [0.25, 0.3) is 11.8 Å². The van der Waals surface area contributed by atoms with Crippen LogP contribution in [0.15, 0.2) is 11.6 Å². The van der Waals surface area contributed by atoms with Crippen molar-refractivity contribution < 1.29 is 23.8 Å². The molecule has 112 valence electrons. The maximum Gasteiger partial charge on any atom is 0.256 e. The maximum atomic E-state index is 11.3. The minimum Gasteiger partial charge on any atom is -0.379 e. The van der Waals surface area contributed by atoms with Crippen molar-refractivity contribution in [2.75, 3.05) is 27.4 Å². The highest BCUT2D eigenvalue weighted by atomic mass is 16.5. The van der Waals surface area contributed by atoms with Gasteiger partial charge < -0.3 is 14.2 Å². The molecule has 6 heteroatoms. The largest absolute Gasteiger partial charge is 0.379 e. The molecule has 2 aliphatic rings. The van der Waals surface area contributed by atoms with Crippen LogP contribution in [0.25, 0.3) is 0 Å². The van der Waals surface area contributed by atoms with E-state index in [1.807, 2.05) is 0 Å². The van der Waals surface area contributed by atoms with Gasteiger partial charge in [-0.3, -0.25) is 14.9 Å². The van der Waals surface area contributed by atoms with Crippen molar-refractivity contribution in [2.45, 2.75) is 31.5 Å². The van der Waals surface area contributed by atoms with Gasteiger partial charge in [-0.15, -0.1) is 0 Å². The lowest BCUT2D eigenvalue weighted by Gasteiger charge is -2.34. The monoisotopic (exact) mass is 283 g/mol. The molecule has 2 unspecified atom stereocenters. The van der Waals surface area contributed by atoms with Crippen molar-refractivity contribution in [3.05, 3.63) is 11.6 Å². The summed E-state index contributed by atoms with van der Waals surface area (Å²) in [6, 6.07) is 0. The standard InChI is InChI=1S/C14H21NO5/c1-18-11-4-3-9(5-12(11)19-2)7-20-8-10-6-13(16)15-14(10)17/h6,9,11-12H,3-5,7-8H2,1-2H3,(H,15,16,17)/t9-,11?,12?/m0/s1. The quantitative estimate of drug-likeness (QED) is 0.715. The molecular weight excluding hydrogens is 262 g/mol. The third-order valence-electron chi connectivity index (χ3n) is 3.89. The summed E-state index contributed by atoms with van der Waals surface area (Å²) in [6.07, 6.45) is 4.39. The number of amides is 2. The second-order valence-corrected chi connectivity index (χ2v) is 5.23. The lowest BCUT2D eigenvalue weighted by atomic mass is 9.85. The van der Waals surface area contributed by atoms with E-state index < -0.39 is 0 Å². The zero-order valence-electron chi connectivity index (χ0n) is 11.9. The molecule has 20 heavy (non-hydrogen) atoms. The number of nitrogens with one attached hydrogen (secondary N) is 1. The summed E-state index contributed by atoms with van der Waals surface area (Å²) in [6.45, 7) is 0.745. The number of rotatable bonds is 6. The topological polar surface area (TPSA) is 73.9 Å². The van der Waals surface area contributed by atoms with E-state index in [2.05, 4.69) is 5.32 Å². The molecule has 0 aromatic heterocycles. The molecule has 6 nitrogen and oxygen atoms in total. The van der Waals surface area contributed by atoms with Crippen LogP contribution in [0.4, 0.5) is 0 Å². The molecule has 0 aromatic rings. The molecule has 1 aliphatic heterocycles. The van der Waals surface area contributed by atoms with E-state index in [0.29, 0.717) is 18.1 Å². The number of carbonyl (C=O) groups excluding carboxylic acids is 2. The Bertz CT molecular complexity index is 406. The van der Waals surface area contributed by atoms with Gasteiger partial charge >= 0.3 is 0 Å². The van der Waals surface area contributed by atoms with Crippen molar-refractivity contribution in [3.63, 3.8) is 0 Å². The van der Waals surface area contributed by atoms with Gasteiger partial charge in [0.15, 0.2) is 0 Å². The van der Waals surface area contributed by atoms with Gasteiger partial charge in [-0.25, -0.2) is 0 Å². The van der Waals surface area contributed by atoms with Crippen LogP contribution in [-0.2, 0) is 23.8 Å². The smallest absolute Gasteiger partial charge is 0.256 e. The van der Waals surface area contributed by atoms with Crippen molar-refractivity contribution in [1.29, 1.82) is 0 Å². The Morgan fingerprint density at radius 3 is 2.55 bits per heavy atom. The first-order valence-electron chi connectivity index (χ1n) is 6.83. The third-order valence-corrected chi connectivity index (χ3v) is 3.89. The second-order valence-electron chi connectivity index (χ2n) is 5.23. The van der Waals surface area contributed by atoms with E-state index in [1.165, 1.54) is 6.08 Å². The third kappa shape index (κ3) is 3.65. The first kappa shape index (κ1) is 15.2. The summed E-state index contributed by atoms with van der Waals surface area (Å²) in [5.74, 6) is -0.325. The highest BCUT2D eigenvalue weighted by Crippen LogP contribution is 2.28. The molecule has 2 amide bonds. The first-order valence-corrected chi connectivity index (χ1v) is 6.83. The van der Waals surface area contributed by atoms with Crippen LogP contribution >= 0.6 is 0 Å². The van der Waals surface area contributed by atoms with Gasteiger partial charge in [0.2, 0.25) is 0 Å². The van der Waals surface area contributed by atoms with Crippen LogP contribution in [0, 0.1) is 5.92 Å². The molecule has 0 aromatic carbocycles. The molecule has 1 saturated carbocycles. The zero-order valence-corrected chi connectivity index (χ0v) is 11.9. The first-order chi connectivity index (χ1) is 9.63. The molecule has 1 heterocycles. The molecule has 3 atom stereocenters. The number of imide groups is 1. The van der Waals surface area contributed by atoms with Gasteiger partial charge in [0.1, 0.15) is 0 Å². The summed E-state index contributed by atoms with van der Waals surface area (Å²) in [5, 5.41) is 2.20. The van der Waals surface area contributed by atoms with Crippen molar-refractivity contribution in [1.82, 2.24) is 5.32 Å². The molecular formula is C14H21NO5. The molecule has 0 radical (unpaired) electrons. The predicted octanol–water partition coefficient (Wildman–Crippen LogP) is 0.416. The summed E-state index contributed by atoms with van der Waals surface area (Å²) in [4.78, 5) is 22.3. The number of hydrogen-bond donors (Lipinski definition) is 1. The summed E-state index contributed by atoms with van der Waals surface area (Å²) in [7, 11) is 3.40. The van der Waals surface area contributed by atoms with Crippen molar-refractivity contribution in [2.24, 2.45) is 5.92 Å².